The SMILES string of the molecule is O=C(CC1c2ccccc2-c2cncn21)Nc1cc2occc2cc1F. The molecule has 3 heterocycles. The molecule has 0 fully saturated rings. The minimum atomic E-state index is -0.484. The van der Waals surface area contributed by atoms with Gasteiger partial charge in [-0.1, -0.05) is 24.3 Å². The molecule has 26 heavy (non-hydrogen) atoms. The van der Waals surface area contributed by atoms with Crippen molar-refractivity contribution in [1.29, 1.82) is 0 Å². The van der Waals surface area contributed by atoms with Gasteiger partial charge in [-0.2, -0.15) is 0 Å². The molecule has 0 saturated heterocycles. The number of aromatic nitrogens is 2. The minimum Gasteiger partial charge on any atom is -0.464 e. The van der Waals surface area contributed by atoms with Crippen LogP contribution in [0.3, 0.4) is 0 Å². The average Bonchev–Trinajstić information content (AvgIpc) is 3.33. The monoisotopic (exact) mass is 347 g/mol. The fourth-order valence-corrected chi connectivity index (χ4v) is 3.59. The summed E-state index contributed by atoms with van der Waals surface area (Å²) in [5.74, 6) is -0.751. The number of nitrogens with one attached hydrogen (secondary N) is 1. The summed E-state index contributed by atoms with van der Waals surface area (Å²) >= 11 is 0. The minimum absolute atomic E-state index is 0.120. The number of fused-ring (bicyclic) bond motifs is 4. The van der Waals surface area contributed by atoms with Crippen molar-refractivity contribution in [1.82, 2.24) is 9.55 Å². The van der Waals surface area contributed by atoms with Crippen molar-refractivity contribution in [2.45, 2.75) is 12.5 Å². The summed E-state index contributed by atoms with van der Waals surface area (Å²) < 4.78 is 21.5. The van der Waals surface area contributed by atoms with Gasteiger partial charge in [-0.25, -0.2) is 9.37 Å². The molecule has 1 aliphatic heterocycles. The normalized spacial score (nSPS) is 15.0. The number of anilines is 1. The van der Waals surface area contributed by atoms with Crippen molar-refractivity contribution in [3.8, 4) is 11.3 Å². The predicted molar refractivity (Wildman–Crippen MR) is 95.2 cm³/mol. The highest BCUT2D eigenvalue weighted by atomic mass is 19.1. The van der Waals surface area contributed by atoms with Gasteiger partial charge in [0.2, 0.25) is 5.91 Å². The number of nitrogens with zero attached hydrogens (tertiary/aromatic N) is 2. The number of rotatable bonds is 3. The van der Waals surface area contributed by atoms with Crippen LogP contribution in [-0.2, 0) is 4.79 Å². The van der Waals surface area contributed by atoms with Crippen LogP contribution >= 0.6 is 0 Å². The van der Waals surface area contributed by atoms with Gasteiger partial charge >= 0.3 is 0 Å². The summed E-state index contributed by atoms with van der Waals surface area (Å²) in [5.41, 5.74) is 3.79. The molecule has 6 heteroatoms. The van der Waals surface area contributed by atoms with Crippen LogP contribution in [0, 0.1) is 5.82 Å². The summed E-state index contributed by atoms with van der Waals surface area (Å²) in [6.07, 6.45) is 5.20. The van der Waals surface area contributed by atoms with Crippen LogP contribution in [0.2, 0.25) is 0 Å². The molecule has 5 rings (SSSR count). The number of furan rings is 1. The maximum Gasteiger partial charge on any atom is 0.226 e. The van der Waals surface area contributed by atoms with E-state index in [4.69, 9.17) is 4.42 Å². The van der Waals surface area contributed by atoms with E-state index < -0.39 is 5.82 Å². The van der Waals surface area contributed by atoms with Gasteiger partial charge in [0.05, 0.1) is 42.6 Å². The lowest BCUT2D eigenvalue weighted by atomic mass is 10.0. The summed E-state index contributed by atoms with van der Waals surface area (Å²) in [4.78, 5) is 16.8. The topological polar surface area (TPSA) is 60.1 Å². The van der Waals surface area contributed by atoms with Gasteiger partial charge in [0.25, 0.3) is 0 Å². The number of benzene rings is 2. The highest BCUT2D eigenvalue weighted by Crippen LogP contribution is 2.40. The van der Waals surface area contributed by atoms with E-state index in [0.717, 1.165) is 16.8 Å². The molecular weight excluding hydrogens is 333 g/mol. The fraction of sp³-hybridized carbons (Fsp3) is 0.100. The lowest BCUT2D eigenvalue weighted by molar-refractivity contribution is -0.116. The quantitative estimate of drug-likeness (QED) is 0.599. The number of carbonyl (C=O) groups is 1. The van der Waals surface area contributed by atoms with Crippen molar-refractivity contribution >= 4 is 22.6 Å². The Bertz CT molecular complexity index is 1140. The van der Waals surface area contributed by atoms with E-state index in [0.29, 0.717) is 11.0 Å². The third-order valence-electron chi connectivity index (χ3n) is 4.79. The van der Waals surface area contributed by atoms with E-state index in [1.807, 2.05) is 28.8 Å². The molecule has 1 atom stereocenters. The molecular formula is C20H14FN3O2. The first-order valence-corrected chi connectivity index (χ1v) is 8.28. The van der Waals surface area contributed by atoms with Gasteiger partial charge in [0, 0.05) is 17.0 Å². The standard InChI is InChI=1S/C20H14FN3O2/c21-15-7-12-5-6-26-19(12)8-16(15)23-20(25)9-17-13-3-1-2-4-14(13)18-10-22-11-24(17)18/h1-8,10-11,17H,9H2,(H,23,25). The molecule has 5 nitrogen and oxygen atoms in total. The summed E-state index contributed by atoms with van der Waals surface area (Å²) in [6.45, 7) is 0. The second-order valence-electron chi connectivity index (χ2n) is 6.33. The highest BCUT2D eigenvalue weighted by molar-refractivity contribution is 5.94. The van der Waals surface area contributed by atoms with Gasteiger partial charge < -0.3 is 14.3 Å². The van der Waals surface area contributed by atoms with Crippen LogP contribution in [0.15, 0.2) is 65.7 Å². The number of hydrogen-bond acceptors (Lipinski definition) is 3. The van der Waals surface area contributed by atoms with Gasteiger partial charge in [0.15, 0.2) is 0 Å². The van der Waals surface area contributed by atoms with E-state index in [-0.39, 0.29) is 24.1 Å². The fourth-order valence-electron chi connectivity index (χ4n) is 3.59. The van der Waals surface area contributed by atoms with Crippen molar-refractivity contribution in [3.63, 3.8) is 0 Å². The smallest absolute Gasteiger partial charge is 0.226 e. The zero-order valence-corrected chi connectivity index (χ0v) is 13.6. The van der Waals surface area contributed by atoms with Crippen LogP contribution in [-0.4, -0.2) is 15.5 Å². The Morgan fingerprint density at radius 1 is 1.27 bits per heavy atom. The number of hydrogen-bond donors (Lipinski definition) is 1. The molecule has 4 aromatic rings. The van der Waals surface area contributed by atoms with Crippen LogP contribution in [0.1, 0.15) is 18.0 Å². The Morgan fingerprint density at radius 3 is 3.08 bits per heavy atom. The van der Waals surface area contributed by atoms with Crippen LogP contribution in [0.4, 0.5) is 10.1 Å². The van der Waals surface area contributed by atoms with Crippen LogP contribution in [0.25, 0.3) is 22.2 Å². The molecule has 0 aliphatic carbocycles. The first-order valence-electron chi connectivity index (χ1n) is 8.28. The maximum atomic E-state index is 14.2. The number of imidazole rings is 1. The van der Waals surface area contributed by atoms with E-state index in [1.54, 1.807) is 18.6 Å². The summed E-state index contributed by atoms with van der Waals surface area (Å²) in [7, 11) is 0. The van der Waals surface area contributed by atoms with Crippen LogP contribution < -0.4 is 5.32 Å². The van der Waals surface area contributed by atoms with Crippen molar-refractivity contribution in [2.75, 3.05) is 5.32 Å². The zero-order chi connectivity index (χ0) is 17.7. The number of amides is 1. The first kappa shape index (κ1) is 14.9. The molecule has 0 radical (unpaired) electrons. The lowest BCUT2D eigenvalue weighted by Gasteiger charge is -2.15. The molecule has 0 saturated carbocycles. The van der Waals surface area contributed by atoms with Crippen molar-refractivity contribution in [2.24, 2.45) is 0 Å². The molecule has 2 aromatic heterocycles. The Kier molecular flexibility index (Phi) is 3.18. The summed E-state index contributed by atoms with van der Waals surface area (Å²) in [5, 5.41) is 3.33. The second-order valence-corrected chi connectivity index (χ2v) is 6.33. The molecule has 1 unspecified atom stereocenters. The van der Waals surface area contributed by atoms with Gasteiger partial charge in [-0.3, -0.25) is 4.79 Å². The van der Waals surface area contributed by atoms with Gasteiger partial charge in [0.1, 0.15) is 11.4 Å². The van der Waals surface area contributed by atoms with Crippen molar-refractivity contribution in [3.05, 3.63) is 72.6 Å². The molecule has 1 aliphatic rings. The van der Waals surface area contributed by atoms with E-state index >= 15 is 0 Å². The van der Waals surface area contributed by atoms with E-state index in [2.05, 4.69) is 10.3 Å². The second kappa shape index (κ2) is 5.56. The predicted octanol–water partition coefficient (Wildman–Crippen LogP) is 4.37. The molecule has 1 N–H and O–H groups in total. The summed E-state index contributed by atoms with van der Waals surface area (Å²) in [6, 6.07) is 12.3. The Balaban J connectivity index is 1.43. The molecule has 1 amide bonds. The van der Waals surface area contributed by atoms with E-state index in [9.17, 15) is 9.18 Å². The Morgan fingerprint density at radius 2 is 2.15 bits per heavy atom. The third kappa shape index (κ3) is 2.23. The molecule has 2 aromatic carbocycles. The molecule has 0 bridgehead atoms. The van der Waals surface area contributed by atoms with Gasteiger partial charge in [-0.05, 0) is 17.7 Å². The lowest BCUT2D eigenvalue weighted by Crippen LogP contribution is -2.18. The molecule has 128 valence electrons. The number of carbonyl (C=O) groups excluding carboxylic acids is 1. The molecule has 0 spiro atoms. The van der Waals surface area contributed by atoms with Gasteiger partial charge in [-0.15, -0.1) is 0 Å². The first-order chi connectivity index (χ1) is 12.7. The third-order valence-corrected chi connectivity index (χ3v) is 4.79. The maximum absolute atomic E-state index is 14.2. The number of halogens is 1. The Labute approximate surface area is 148 Å². The largest absolute Gasteiger partial charge is 0.464 e. The zero-order valence-electron chi connectivity index (χ0n) is 13.6. The van der Waals surface area contributed by atoms with Crippen molar-refractivity contribution < 1.29 is 13.6 Å². The van der Waals surface area contributed by atoms with Crippen LogP contribution in [0.5, 0.6) is 0 Å². The van der Waals surface area contributed by atoms with E-state index in [1.165, 1.54) is 18.4 Å². The highest BCUT2D eigenvalue weighted by Gasteiger charge is 2.29. The average molecular weight is 347 g/mol. The Hall–Kier alpha value is -3.41.